The van der Waals surface area contributed by atoms with Crippen molar-refractivity contribution >= 4 is 5.91 Å². The van der Waals surface area contributed by atoms with E-state index in [2.05, 4.69) is 10.4 Å². The van der Waals surface area contributed by atoms with E-state index in [0.717, 1.165) is 6.42 Å². The number of aromatic nitrogens is 2. The van der Waals surface area contributed by atoms with Crippen molar-refractivity contribution in [3.05, 3.63) is 52.4 Å². The predicted molar refractivity (Wildman–Crippen MR) is 89.6 cm³/mol. The van der Waals surface area contributed by atoms with Gasteiger partial charge < -0.3 is 14.8 Å². The Morgan fingerprint density at radius 3 is 2.79 bits per heavy atom. The first-order valence-electron chi connectivity index (χ1n) is 7.77. The lowest BCUT2D eigenvalue weighted by atomic mass is 10.3. The molecule has 0 bridgehead atoms. The summed E-state index contributed by atoms with van der Waals surface area (Å²) >= 11 is 0. The molecule has 0 fully saturated rings. The van der Waals surface area contributed by atoms with Crippen molar-refractivity contribution < 1.29 is 14.3 Å². The number of aryl methyl sites for hydroxylation is 1. The summed E-state index contributed by atoms with van der Waals surface area (Å²) in [5.41, 5.74) is -0.000751. The molecule has 1 N–H and O–H groups in total. The van der Waals surface area contributed by atoms with Gasteiger partial charge in [-0.2, -0.15) is 5.10 Å². The van der Waals surface area contributed by atoms with Crippen molar-refractivity contribution in [1.29, 1.82) is 0 Å². The first-order chi connectivity index (χ1) is 11.6. The van der Waals surface area contributed by atoms with E-state index in [9.17, 15) is 9.59 Å². The Kier molecular flexibility index (Phi) is 6.36. The maximum Gasteiger partial charge on any atom is 0.271 e. The number of hydrogen-bond acceptors (Lipinski definition) is 5. The summed E-state index contributed by atoms with van der Waals surface area (Å²) in [7, 11) is 1.59. The average Bonchev–Trinajstić information content (AvgIpc) is 2.60. The summed E-state index contributed by atoms with van der Waals surface area (Å²) in [6.45, 7) is 3.06. The van der Waals surface area contributed by atoms with Crippen molar-refractivity contribution in [2.45, 2.75) is 19.9 Å². The van der Waals surface area contributed by atoms with Crippen molar-refractivity contribution in [1.82, 2.24) is 15.1 Å². The van der Waals surface area contributed by atoms with Crippen LogP contribution in [-0.4, -0.2) is 35.9 Å². The van der Waals surface area contributed by atoms with Gasteiger partial charge in [-0.25, -0.2) is 4.68 Å². The van der Waals surface area contributed by atoms with Gasteiger partial charge in [0.05, 0.1) is 13.7 Å². The maximum absolute atomic E-state index is 12.1. The third-order valence-electron chi connectivity index (χ3n) is 3.23. The molecule has 1 amide bonds. The van der Waals surface area contributed by atoms with Crippen LogP contribution in [0.4, 0.5) is 0 Å². The van der Waals surface area contributed by atoms with Gasteiger partial charge in [0, 0.05) is 18.7 Å². The average molecular weight is 331 g/mol. The van der Waals surface area contributed by atoms with Crippen molar-refractivity contribution in [3.8, 4) is 11.5 Å². The van der Waals surface area contributed by atoms with Crippen LogP contribution in [-0.2, 0) is 6.54 Å². The third kappa shape index (κ3) is 4.84. The molecular weight excluding hydrogens is 310 g/mol. The highest BCUT2D eigenvalue weighted by Gasteiger charge is 2.09. The molecule has 7 heteroatoms. The smallest absolute Gasteiger partial charge is 0.271 e. The van der Waals surface area contributed by atoms with E-state index in [-0.39, 0.29) is 17.2 Å². The number of rotatable bonds is 8. The number of ether oxygens (including phenoxy) is 2. The van der Waals surface area contributed by atoms with E-state index in [4.69, 9.17) is 9.47 Å². The molecule has 2 rings (SSSR count). The van der Waals surface area contributed by atoms with E-state index in [1.165, 1.54) is 16.8 Å². The fourth-order valence-corrected chi connectivity index (χ4v) is 2.06. The molecule has 0 radical (unpaired) electrons. The van der Waals surface area contributed by atoms with Crippen LogP contribution in [0.25, 0.3) is 0 Å². The van der Waals surface area contributed by atoms with Crippen LogP contribution in [0.1, 0.15) is 23.8 Å². The molecule has 0 saturated heterocycles. The number of carbonyl (C=O) groups is 1. The second-order valence-corrected chi connectivity index (χ2v) is 5.06. The summed E-state index contributed by atoms with van der Waals surface area (Å²) in [5.74, 6) is 1.03. The minimum Gasteiger partial charge on any atom is -0.497 e. The van der Waals surface area contributed by atoms with E-state index < -0.39 is 0 Å². The molecule has 0 aliphatic rings. The van der Waals surface area contributed by atoms with E-state index in [0.29, 0.717) is 31.2 Å². The van der Waals surface area contributed by atoms with Gasteiger partial charge in [-0.3, -0.25) is 9.59 Å². The largest absolute Gasteiger partial charge is 0.497 e. The Labute approximate surface area is 140 Å². The second-order valence-electron chi connectivity index (χ2n) is 5.06. The van der Waals surface area contributed by atoms with Crippen molar-refractivity contribution in [2.75, 3.05) is 20.3 Å². The maximum atomic E-state index is 12.1. The van der Waals surface area contributed by atoms with Crippen LogP contribution in [0.2, 0.25) is 0 Å². The molecular formula is C17H21N3O4. The van der Waals surface area contributed by atoms with Crippen molar-refractivity contribution in [2.24, 2.45) is 0 Å². The number of hydrogen-bond donors (Lipinski definition) is 1. The first kappa shape index (κ1) is 17.5. The molecule has 0 atom stereocenters. The summed E-state index contributed by atoms with van der Waals surface area (Å²) in [6.07, 6.45) is 0.770. The molecule has 0 saturated carbocycles. The summed E-state index contributed by atoms with van der Waals surface area (Å²) in [6, 6.07) is 10.0. The Morgan fingerprint density at radius 2 is 2.04 bits per heavy atom. The Hall–Kier alpha value is -2.83. The van der Waals surface area contributed by atoms with Gasteiger partial charge in [0.1, 0.15) is 23.8 Å². The van der Waals surface area contributed by atoms with E-state index in [1.54, 1.807) is 13.2 Å². The Bertz CT molecular complexity index is 743. The zero-order valence-corrected chi connectivity index (χ0v) is 13.8. The lowest BCUT2D eigenvalue weighted by molar-refractivity contribution is 0.0939. The fourth-order valence-electron chi connectivity index (χ4n) is 2.06. The highest BCUT2D eigenvalue weighted by atomic mass is 16.5. The molecule has 1 aromatic heterocycles. The Morgan fingerprint density at radius 1 is 1.25 bits per heavy atom. The molecule has 1 heterocycles. The molecule has 0 unspecified atom stereocenters. The van der Waals surface area contributed by atoms with Gasteiger partial charge >= 0.3 is 0 Å². The molecule has 2 aromatic rings. The van der Waals surface area contributed by atoms with Crippen LogP contribution in [0.15, 0.2) is 41.2 Å². The Balaban J connectivity index is 1.84. The lowest BCUT2D eigenvalue weighted by Gasteiger charge is -2.09. The van der Waals surface area contributed by atoms with Crippen LogP contribution >= 0.6 is 0 Å². The summed E-state index contributed by atoms with van der Waals surface area (Å²) in [4.78, 5) is 23.7. The third-order valence-corrected chi connectivity index (χ3v) is 3.23. The minimum absolute atomic E-state index is 0.212. The molecule has 0 spiro atoms. The van der Waals surface area contributed by atoms with E-state index >= 15 is 0 Å². The number of methoxy groups -OCH3 is 1. The van der Waals surface area contributed by atoms with Gasteiger partial charge in [-0.05, 0) is 24.6 Å². The van der Waals surface area contributed by atoms with Gasteiger partial charge in [0.2, 0.25) is 0 Å². The summed E-state index contributed by atoms with van der Waals surface area (Å²) < 4.78 is 12.0. The lowest BCUT2D eigenvalue weighted by Crippen LogP contribution is -2.31. The van der Waals surface area contributed by atoms with E-state index in [1.807, 2.05) is 25.1 Å². The first-order valence-corrected chi connectivity index (χ1v) is 7.77. The minimum atomic E-state index is -0.339. The standard InChI is InChI=1S/C17H21N3O4/c1-3-10-20-16(21)8-7-15(19-20)17(22)18-9-11-24-14-6-4-5-13(12-14)23-2/h4-8,12H,3,9-11H2,1-2H3,(H,18,22). The number of nitrogens with one attached hydrogen (secondary N) is 1. The van der Waals surface area contributed by atoms with Gasteiger partial charge in [0.25, 0.3) is 11.5 Å². The highest BCUT2D eigenvalue weighted by molar-refractivity contribution is 5.91. The quantitative estimate of drug-likeness (QED) is 0.741. The second kappa shape index (κ2) is 8.71. The highest BCUT2D eigenvalue weighted by Crippen LogP contribution is 2.18. The predicted octanol–water partition coefficient (Wildman–Crippen LogP) is 1.47. The van der Waals surface area contributed by atoms with Crippen LogP contribution < -0.4 is 20.3 Å². The normalized spacial score (nSPS) is 10.2. The molecule has 0 aliphatic heterocycles. The van der Waals surface area contributed by atoms with Crippen LogP contribution in [0, 0.1) is 0 Å². The molecule has 24 heavy (non-hydrogen) atoms. The molecule has 1 aromatic carbocycles. The SMILES string of the molecule is CCCn1nc(C(=O)NCCOc2cccc(OC)c2)ccc1=O. The number of benzene rings is 1. The van der Waals surface area contributed by atoms with Crippen LogP contribution in [0.3, 0.4) is 0 Å². The molecule has 128 valence electrons. The summed E-state index contributed by atoms with van der Waals surface area (Å²) in [5, 5.41) is 6.77. The van der Waals surface area contributed by atoms with Crippen molar-refractivity contribution in [3.63, 3.8) is 0 Å². The van der Waals surface area contributed by atoms with Gasteiger partial charge in [-0.1, -0.05) is 13.0 Å². The number of amides is 1. The fraction of sp³-hybridized carbons (Fsp3) is 0.353. The zero-order valence-electron chi connectivity index (χ0n) is 13.8. The molecule has 7 nitrogen and oxygen atoms in total. The van der Waals surface area contributed by atoms with Gasteiger partial charge in [0.15, 0.2) is 0 Å². The van der Waals surface area contributed by atoms with Gasteiger partial charge in [-0.15, -0.1) is 0 Å². The molecule has 0 aliphatic carbocycles. The zero-order chi connectivity index (χ0) is 17.4. The number of carbonyl (C=O) groups excluding carboxylic acids is 1. The number of nitrogens with zero attached hydrogens (tertiary/aromatic N) is 2. The van der Waals surface area contributed by atoms with Crippen LogP contribution in [0.5, 0.6) is 11.5 Å². The topological polar surface area (TPSA) is 82.5 Å². The monoisotopic (exact) mass is 331 g/mol.